The maximum absolute atomic E-state index is 12.3. The molecule has 2 aromatic rings. The number of hydrogen-bond acceptors (Lipinski definition) is 3. The molecule has 0 fully saturated rings. The second-order valence-corrected chi connectivity index (χ2v) is 5.36. The van der Waals surface area contributed by atoms with E-state index in [4.69, 9.17) is 4.74 Å². The molecule has 0 bridgehead atoms. The Balaban J connectivity index is 1.92. The van der Waals surface area contributed by atoms with Crippen molar-refractivity contribution in [2.24, 2.45) is 4.99 Å². The molecule has 0 radical (unpaired) electrons. The van der Waals surface area contributed by atoms with Gasteiger partial charge in [-0.2, -0.15) is 0 Å². The largest absolute Gasteiger partial charge is 0.464 e. The maximum atomic E-state index is 12.3. The molecule has 0 aromatic heterocycles. The van der Waals surface area contributed by atoms with Gasteiger partial charge in [0.25, 0.3) is 0 Å². The minimum absolute atomic E-state index is 0.0513. The summed E-state index contributed by atoms with van der Waals surface area (Å²) >= 11 is 0. The highest BCUT2D eigenvalue weighted by atomic mass is 16.5. The highest BCUT2D eigenvalue weighted by Crippen LogP contribution is 2.34. The van der Waals surface area contributed by atoms with Crippen molar-refractivity contribution in [3.63, 3.8) is 0 Å². The van der Waals surface area contributed by atoms with E-state index in [0.717, 1.165) is 23.3 Å². The summed E-state index contributed by atoms with van der Waals surface area (Å²) in [5.41, 5.74) is 3.19. The molecule has 22 heavy (non-hydrogen) atoms. The lowest BCUT2D eigenvalue weighted by Crippen LogP contribution is -2.25. The van der Waals surface area contributed by atoms with Crippen LogP contribution in [0.15, 0.2) is 65.7 Å². The first-order valence-corrected chi connectivity index (χ1v) is 7.63. The molecule has 0 unspecified atom stereocenters. The third kappa shape index (κ3) is 2.93. The number of ether oxygens (including phenoxy) is 1. The molecule has 0 saturated carbocycles. The fraction of sp³-hybridized carbons (Fsp3) is 0.263. The van der Waals surface area contributed by atoms with E-state index in [2.05, 4.69) is 17.1 Å². The van der Waals surface area contributed by atoms with Gasteiger partial charge in [-0.1, -0.05) is 60.7 Å². The summed E-state index contributed by atoms with van der Waals surface area (Å²) in [6.45, 7) is 2.21. The summed E-state index contributed by atoms with van der Waals surface area (Å²) in [5, 5.41) is 0. The van der Waals surface area contributed by atoms with Gasteiger partial charge in [-0.05, 0) is 24.5 Å². The van der Waals surface area contributed by atoms with Crippen LogP contribution in [0.1, 0.15) is 30.4 Å². The van der Waals surface area contributed by atoms with Gasteiger partial charge >= 0.3 is 5.97 Å². The Labute approximate surface area is 130 Å². The number of aliphatic imine (C=N–C) groups is 1. The van der Waals surface area contributed by atoms with Crippen molar-refractivity contribution in [1.82, 2.24) is 0 Å². The van der Waals surface area contributed by atoms with E-state index in [-0.39, 0.29) is 11.9 Å². The third-order valence-electron chi connectivity index (χ3n) is 3.95. The van der Waals surface area contributed by atoms with E-state index >= 15 is 0 Å². The topological polar surface area (TPSA) is 38.7 Å². The van der Waals surface area contributed by atoms with Gasteiger partial charge in [0, 0.05) is 11.6 Å². The Morgan fingerprint density at radius 2 is 1.73 bits per heavy atom. The van der Waals surface area contributed by atoms with Gasteiger partial charge in [-0.3, -0.25) is 4.99 Å². The fourth-order valence-electron chi connectivity index (χ4n) is 2.90. The minimum Gasteiger partial charge on any atom is -0.464 e. The van der Waals surface area contributed by atoms with Gasteiger partial charge in [-0.25, -0.2) is 4.79 Å². The number of carbonyl (C=O) groups is 1. The second-order valence-electron chi connectivity index (χ2n) is 5.36. The molecule has 1 aliphatic rings. The van der Waals surface area contributed by atoms with Crippen LogP contribution in [0.4, 0.5) is 0 Å². The Kier molecular flexibility index (Phi) is 4.33. The summed E-state index contributed by atoms with van der Waals surface area (Å²) in [6, 6.07) is 19.7. The lowest BCUT2D eigenvalue weighted by Gasteiger charge is -2.16. The van der Waals surface area contributed by atoms with Crippen LogP contribution in [-0.4, -0.2) is 24.3 Å². The zero-order valence-electron chi connectivity index (χ0n) is 12.6. The van der Waals surface area contributed by atoms with Crippen LogP contribution in [0.2, 0.25) is 0 Å². The van der Waals surface area contributed by atoms with Crippen molar-refractivity contribution in [3.05, 3.63) is 71.8 Å². The van der Waals surface area contributed by atoms with Crippen molar-refractivity contribution in [3.8, 4) is 0 Å². The van der Waals surface area contributed by atoms with Crippen LogP contribution in [0, 0.1) is 0 Å². The van der Waals surface area contributed by atoms with Crippen LogP contribution < -0.4 is 0 Å². The van der Waals surface area contributed by atoms with Crippen molar-refractivity contribution in [2.45, 2.75) is 25.3 Å². The lowest BCUT2D eigenvalue weighted by molar-refractivity contribution is -0.144. The quantitative estimate of drug-likeness (QED) is 0.808. The summed E-state index contributed by atoms with van der Waals surface area (Å²) in [4.78, 5) is 17.0. The van der Waals surface area contributed by atoms with Crippen LogP contribution in [0.5, 0.6) is 0 Å². The van der Waals surface area contributed by atoms with E-state index in [0.29, 0.717) is 6.61 Å². The maximum Gasteiger partial charge on any atom is 0.331 e. The van der Waals surface area contributed by atoms with Crippen LogP contribution >= 0.6 is 0 Å². The smallest absolute Gasteiger partial charge is 0.331 e. The van der Waals surface area contributed by atoms with E-state index in [9.17, 15) is 4.79 Å². The SMILES string of the molecule is CCOC(=O)[C@H]1N=C(c2ccccc2)C[C@@H]1c1ccccc1. The molecule has 0 spiro atoms. The molecular formula is C19H19NO2. The second kappa shape index (κ2) is 6.56. The molecule has 2 atom stereocenters. The number of benzene rings is 2. The monoisotopic (exact) mass is 293 g/mol. The highest BCUT2D eigenvalue weighted by molar-refractivity contribution is 6.04. The van der Waals surface area contributed by atoms with Gasteiger partial charge in [0.15, 0.2) is 6.04 Å². The van der Waals surface area contributed by atoms with Crippen molar-refractivity contribution in [1.29, 1.82) is 0 Å². The van der Waals surface area contributed by atoms with Gasteiger partial charge in [0.2, 0.25) is 0 Å². The average molecular weight is 293 g/mol. The number of rotatable bonds is 4. The van der Waals surface area contributed by atoms with Crippen LogP contribution in [-0.2, 0) is 9.53 Å². The molecule has 3 nitrogen and oxygen atoms in total. The summed E-state index contributed by atoms with van der Waals surface area (Å²) < 4.78 is 5.22. The molecule has 0 saturated heterocycles. The molecule has 2 aromatic carbocycles. The molecule has 0 N–H and O–H groups in total. The number of nitrogens with zero attached hydrogens (tertiary/aromatic N) is 1. The van der Waals surface area contributed by atoms with E-state index in [1.165, 1.54) is 0 Å². The standard InChI is InChI=1S/C19H19NO2/c1-2-22-19(21)18-16(14-9-5-3-6-10-14)13-17(20-18)15-11-7-4-8-12-15/h3-12,16,18H,2,13H2,1H3/t16-,18+/m1/s1. The van der Waals surface area contributed by atoms with Gasteiger partial charge in [0.05, 0.1) is 6.61 Å². The molecular weight excluding hydrogens is 274 g/mol. The number of hydrogen-bond donors (Lipinski definition) is 0. The van der Waals surface area contributed by atoms with E-state index < -0.39 is 6.04 Å². The van der Waals surface area contributed by atoms with Crippen LogP contribution in [0.3, 0.4) is 0 Å². The molecule has 1 heterocycles. The summed E-state index contributed by atoms with van der Waals surface area (Å²) in [6.07, 6.45) is 0.761. The molecule has 0 amide bonds. The molecule has 0 aliphatic carbocycles. The Morgan fingerprint density at radius 1 is 1.09 bits per heavy atom. The number of carbonyl (C=O) groups excluding carboxylic acids is 1. The van der Waals surface area contributed by atoms with Gasteiger partial charge in [0.1, 0.15) is 0 Å². The van der Waals surface area contributed by atoms with E-state index in [1.807, 2.05) is 55.5 Å². The molecule has 3 rings (SSSR count). The van der Waals surface area contributed by atoms with Crippen LogP contribution in [0.25, 0.3) is 0 Å². The highest BCUT2D eigenvalue weighted by Gasteiger charge is 2.36. The Bertz CT molecular complexity index is 664. The summed E-state index contributed by atoms with van der Waals surface area (Å²) in [5.74, 6) is -0.183. The minimum atomic E-state index is -0.447. The zero-order chi connectivity index (χ0) is 15.4. The Morgan fingerprint density at radius 3 is 2.36 bits per heavy atom. The number of esters is 1. The molecule has 112 valence electrons. The van der Waals surface area contributed by atoms with Crippen molar-refractivity contribution < 1.29 is 9.53 Å². The average Bonchev–Trinajstić information content (AvgIpc) is 3.02. The first kappa shape index (κ1) is 14.5. The van der Waals surface area contributed by atoms with Gasteiger partial charge < -0.3 is 4.74 Å². The zero-order valence-corrected chi connectivity index (χ0v) is 12.6. The van der Waals surface area contributed by atoms with Crippen molar-refractivity contribution >= 4 is 11.7 Å². The van der Waals surface area contributed by atoms with E-state index in [1.54, 1.807) is 0 Å². The summed E-state index contributed by atoms with van der Waals surface area (Å²) in [7, 11) is 0. The van der Waals surface area contributed by atoms with Gasteiger partial charge in [-0.15, -0.1) is 0 Å². The third-order valence-corrected chi connectivity index (χ3v) is 3.95. The first-order chi connectivity index (χ1) is 10.8. The predicted molar refractivity (Wildman–Crippen MR) is 87.2 cm³/mol. The lowest BCUT2D eigenvalue weighted by atomic mass is 9.89. The fourth-order valence-corrected chi connectivity index (χ4v) is 2.90. The predicted octanol–water partition coefficient (Wildman–Crippen LogP) is 3.59. The first-order valence-electron chi connectivity index (χ1n) is 7.63. The normalized spacial score (nSPS) is 20.5. The van der Waals surface area contributed by atoms with Crippen molar-refractivity contribution in [2.75, 3.05) is 6.61 Å². The molecule has 3 heteroatoms. The Hall–Kier alpha value is -2.42. The molecule has 1 aliphatic heterocycles.